The summed E-state index contributed by atoms with van der Waals surface area (Å²) in [5.74, 6) is 0.0974. The molecule has 0 unspecified atom stereocenters. The highest BCUT2D eigenvalue weighted by molar-refractivity contribution is 5.83. The van der Waals surface area contributed by atoms with Crippen molar-refractivity contribution in [3.8, 4) is 22.5 Å². The van der Waals surface area contributed by atoms with Crippen molar-refractivity contribution >= 4 is 17.1 Å². The number of hydrogen-bond acceptors (Lipinski definition) is 6. The molecule has 5 aromatic rings. The van der Waals surface area contributed by atoms with Gasteiger partial charge in [-0.1, -0.05) is 61.9 Å². The molecule has 0 aliphatic carbocycles. The van der Waals surface area contributed by atoms with Gasteiger partial charge in [0.15, 0.2) is 5.58 Å². The zero-order valence-electron chi connectivity index (χ0n) is 20.3. The fraction of sp³-hybridized carbons (Fsp3) is 0.259. The number of nitrogens with zero attached hydrogens (tertiary/aromatic N) is 5. The molecule has 5 rings (SSSR count). The third-order valence-corrected chi connectivity index (χ3v) is 6.39. The minimum Gasteiger partial charge on any atom is -0.423 e. The first-order valence-electron chi connectivity index (χ1n) is 12.0. The first-order chi connectivity index (χ1) is 17.9. The lowest BCUT2D eigenvalue weighted by Crippen LogP contribution is -2.28. The Bertz CT molecular complexity index is 1450. The third kappa shape index (κ3) is 4.91. The smallest absolute Gasteiger partial charge is 0.417 e. The van der Waals surface area contributed by atoms with E-state index in [9.17, 15) is 13.2 Å². The minimum absolute atomic E-state index is 0.0115. The number of rotatable bonds is 8. The number of fused-ring (bicyclic) bond motifs is 1. The van der Waals surface area contributed by atoms with Crippen LogP contribution >= 0.6 is 0 Å². The van der Waals surface area contributed by atoms with Crippen molar-refractivity contribution < 1.29 is 17.6 Å². The number of oxazole rings is 1. The molecule has 1 N–H and O–H groups in total. The molecule has 0 bridgehead atoms. The lowest BCUT2D eigenvalue weighted by atomic mass is 9.92. The van der Waals surface area contributed by atoms with Crippen LogP contribution in [-0.4, -0.2) is 32.2 Å². The number of nitrogens with one attached hydrogen (secondary N) is 1. The average Bonchev–Trinajstić information content (AvgIpc) is 3.58. The maximum atomic E-state index is 14.0. The monoisotopic (exact) mass is 506 g/mol. The molecular weight excluding hydrogens is 481 g/mol. The van der Waals surface area contributed by atoms with E-state index in [0.29, 0.717) is 17.2 Å². The SMILES string of the molecule is CCCCN(c1nc2ccccc2o1)[C@H](C)c1ccc(-c2c(-c3nn[nH]n3)cccc2C(F)(F)F)cc1. The van der Waals surface area contributed by atoms with Gasteiger partial charge in [0.1, 0.15) is 5.52 Å². The normalized spacial score (nSPS) is 12.7. The molecule has 0 aliphatic rings. The zero-order valence-corrected chi connectivity index (χ0v) is 20.3. The molecule has 10 heteroatoms. The van der Waals surface area contributed by atoms with E-state index in [2.05, 4.69) is 37.4 Å². The second kappa shape index (κ2) is 10.0. The number of unbranched alkanes of at least 4 members (excludes halogenated alkanes) is 1. The van der Waals surface area contributed by atoms with Gasteiger partial charge in [-0.25, -0.2) is 0 Å². The van der Waals surface area contributed by atoms with Gasteiger partial charge >= 0.3 is 6.18 Å². The summed E-state index contributed by atoms with van der Waals surface area (Å²) in [7, 11) is 0. The number of anilines is 1. The summed E-state index contributed by atoms with van der Waals surface area (Å²) >= 11 is 0. The molecule has 3 aromatic carbocycles. The van der Waals surface area contributed by atoms with Gasteiger partial charge in [0.05, 0.1) is 11.6 Å². The van der Waals surface area contributed by atoms with Crippen LogP contribution < -0.4 is 4.90 Å². The van der Waals surface area contributed by atoms with Gasteiger partial charge in [-0.05, 0) is 47.9 Å². The second-order valence-electron chi connectivity index (χ2n) is 8.77. The average molecular weight is 507 g/mol. The largest absolute Gasteiger partial charge is 0.423 e. The summed E-state index contributed by atoms with van der Waals surface area (Å²) in [4.78, 5) is 6.76. The van der Waals surface area contributed by atoms with E-state index in [1.807, 2.05) is 43.3 Å². The number of H-pyrrole nitrogens is 1. The Morgan fingerprint density at radius 1 is 1.00 bits per heavy atom. The number of aromatic amines is 1. The Morgan fingerprint density at radius 2 is 1.78 bits per heavy atom. The van der Waals surface area contributed by atoms with E-state index in [0.717, 1.165) is 36.5 Å². The highest BCUT2D eigenvalue weighted by atomic mass is 19.4. The van der Waals surface area contributed by atoms with Crippen molar-refractivity contribution in [3.63, 3.8) is 0 Å². The van der Waals surface area contributed by atoms with E-state index in [1.165, 1.54) is 6.07 Å². The molecule has 0 saturated heterocycles. The fourth-order valence-electron chi connectivity index (χ4n) is 4.44. The van der Waals surface area contributed by atoms with Crippen molar-refractivity contribution in [1.82, 2.24) is 25.6 Å². The summed E-state index contributed by atoms with van der Waals surface area (Å²) in [6, 6.07) is 19.0. The molecule has 0 amide bonds. The summed E-state index contributed by atoms with van der Waals surface area (Å²) in [5.41, 5.74) is 2.32. The molecule has 2 aromatic heterocycles. The predicted molar refractivity (Wildman–Crippen MR) is 135 cm³/mol. The third-order valence-electron chi connectivity index (χ3n) is 6.39. The number of tetrazole rings is 1. The molecule has 0 saturated carbocycles. The molecule has 0 aliphatic heterocycles. The number of aromatic nitrogens is 5. The number of para-hydroxylation sites is 2. The molecule has 0 fully saturated rings. The Morgan fingerprint density at radius 3 is 2.46 bits per heavy atom. The van der Waals surface area contributed by atoms with E-state index in [4.69, 9.17) is 4.42 Å². The molecule has 2 heterocycles. The lowest BCUT2D eigenvalue weighted by Gasteiger charge is -2.28. The first kappa shape index (κ1) is 24.5. The van der Waals surface area contributed by atoms with Gasteiger partial charge in [0, 0.05) is 17.7 Å². The molecule has 1 atom stereocenters. The van der Waals surface area contributed by atoms with Crippen LogP contribution in [0.4, 0.5) is 19.2 Å². The van der Waals surface area contributed by atoms with E-state index < -0.39 is 11.7 Å². The highest BCUT2D eigenvalue weighted by Gasteiger charge is 2.35. The summed E-state index contributed by atoms with van der Waals surface area (Å²) < 4.78 is 48.0. The van der Waals surface area contributed by atoms with Gasteiger partial charge in [0.2, 0.25) is 5.82 Å². The summed E-state index contributed by atoms with van der Waals surface area (Å²) in [6.07, 6.45) is -2.62. The highest BCUT2D eigenvalue weighted by Crippen LogP contribution is 2.42. The van der Waals surface area contributed by atoms with Crippen LogP contribution in [0.5, 0.6) is 0 Å². The van der Waals surface area contributed by atoms with Gasteiger partial charge in [-0.2, -0.15) is 23.4 Å². The van der Waals surface area contributed by atoms with E-state index >= 15 is 0 Å². The van der Waals surface area contributed by atoms with Crippen LogP contribution in [0.15, 0.2) is 71.1 Å². The number of halogens is 3. The Hall–Kier alpha value is -4.21. The van der Waals surface area contributed by atoms with Crippen molar-refractivity contribution in [1.29, 1.82) is 0 Å². The molecule has 7 nitrogen and oxygen atoms in total. The Labute approximate surface area is 211 Å². The van der Waals surface area contributed by atoms with Gasteiger partial charge in [-0.15, -0.1) is 10.2 Å². The van der Waals surface area contributed by atoms with Crippen molar-refractivity contribution in [2.75, 3.05) is 11.4 Å². The summed E-state index contributed by atoms with van der Waals surface area (Å²) in [6.45, 7) is 4.88. The van der Waals surface area contributed by atoms with Gasteiger partial charge in [0.25, 0.3) is 6.01 Å². The fourth-order valence-corrected chi connectivity index (χ4v) is 4.44. The van der Waals surface area contributed by atoms with Crippen LogP contribution in [0.3, 0.4) is 0 Å². The quantitative estimate of drug-likeness (QED) is 0.243. The number of alkyl halides is 3. The van der Waals surface area contributed by atoms with Crippen LogP contribution in [-0.2, 0) is 6.18 Å². The summed E-state index contributed by atoms with van der Waals surface area (Å²) in [5, 5.41) is 13.6. The lowest BCUT2D eigenvalue weighted by molar-refractivity contribution is -0.137. The van der Waals surface area contributed by atoms with Crippen LogP contribution in [0.25, 0.3) is 33.6 Å². The molecule has 0 radical (unpaired) electrons. The van der Waals surface area contributed by atoms with Crippen molar-refractivity contribution in [3.05, 3.63) is 77.9 Å². The number of benzene rings is 3. The molecule has 37 heavy (non-hydrogen) atoms. The standard InChI is InChI=1S/C27H25F3N6O/c1-3-4-16-36(26-31-22-10-5-6-11-23(22)37-26)17(2)18-12-14-19(15-13-18)24-20(25-32-34-35-33-25)8-7-9-21(24)27(28,29)30/h5-15,17H,3-4,16H2,1-2H3,(H,32,33,34,35)/t17-/m1/s1. The number of hydrogen-bond donors (Lipinski definition) is 1. The first-order valence-corrected chi connectivity index (χ1v) is 12.0. The molecule has 0 spiro atoms. The Kier molecular flexibility index (Phi) is 6.64. The minimum atomic E-state index is -4.55. The van der Waals surface area contributed by atoms with E-state index in [1.54, 1.807) is 18.2 Å². The van der Waals surface area contributed by atoms with Crippen LogP contribution in [0, 0.1) is 0 Å². The maximum Gasteiger partial charge on any atom is 0.417 e. The topological polar surface area (TPSA) is 83.7 Å². The second-order valence-corrected chi connectivity index (χ2v) is 8.77. The predicted octanol–water partition coefficient (Wildman–Crippen LogP) is 7.06. The maximum absolute atomic E-state index is 14.0. The van der Waals surface area contributed by atoms with Crippen molar-refractivity contribution in [2.24, 2.45) is 0 Å². The Balaban J connectivity index is 1.52. The van der Waals surface area contributed by atoms with Gasteiger partial charge in [-0.3, -0.25) is 0 Å². The van der Waals surface area contributed by atoms with Crippen LogP contribution in [0.1, 0.15) is 43.9 Å². The zero-order chi connectivity index (χ0) is 26.0. The molecular formula is C27H25F3N6O. The molecule has 190 valence electrons. The van der Waals surface area contributed by atoms with Crippen LogP contribution in [0.2, 0.25) is 0 Å². The van der Waals surface area contributed by atoms with Gasteiger partial charge < -0.3 is 9.32 Å². The van der Waals surface area contributed by atoms with Crippen molar-refractivity contribution in [2.45, 2.75) is 38.9 Å². The van der Waals surface area contributed by atoms with E-state index in [-0.39, 0.29) is 23.0 Å².